The molecule has 4 aromatic rings. The number of para-hydroxylation sites is 1. The van der Waals surface area contributed by atoms with E-state index in [9.17, 15) is 9.59 Å². The van der Waals surface area contributed by atoms with Crippen molar-refractivity contribution in [2.45, 2.75) is 0 Å². The lowest BCUT2D eigenvalue weighted by Crippen LogP contribution is -2.32. The average Bonchev–Trinajstić information content (AvgIpc) is 3.20. The Hall–Kier alpha value is -4.65. The Morgan fingerprint density at radius 2 is 1.60 bits per heavy atom. The van der Waals surface area contributed by atoms with Gasteiger partial charge in [0.15, 0.2) is 0 Å². The molecule has 176 valence electrons. The van der Waals surface area contributed by atoms with Gasteiger partial charge in [0, 0.05) is 55.1 Å². The van der Waals surface area contributed by atoms with Crippen molar-refractivity contribution >= 4 is 40.7 Å². The Balaban J connectivity index is 1.57. The zero-order chi connectivity index (χ0) is 24.8. The molecule has 0 aliphatic carbocycles. The smallest absolute Gasteiger partial charge is 0.287 e. The Morgan fingerprint density at radius 3 is 2.31 bits per heavy atom. The number of rotatable bonds is 7. The molecule has 0 bridgehead atoms. The molecule has 7 heteroatoms. The lowest BCUT2D eigenvalue weighted by Gasteiger charge is -2.12. The summed E-state index contributed by atoms with van der Waals surface area (Å²) in [5.41, 5.74) is 6.83. The van der Waals surface area contributed by atoms with E-state index >= 15 is 0 Å². The minimum atomic E-state index is -0.526. The van der Waals surface area contributed by atoms with Gasteiger partial charge in [-0.15, -0.1) is 0 Å². The van der Waals surface area contributed by atoms with Crippen LogP contribution in [0.25, 0.3) is 17.0 Å². The molecule has 2 amide bonds. The van der Waals surface area contributed by atoms with Crippen LogP contribution in [0.15, 0.2) is 95.9 Å². The number of nitrogens with zero attached hydrogens (tertiary/aromatic N) is 3. The van der Waals surface area contributed by atoms with Crippen molar-refractivity contribution in [1.82, 2.24) is 15.3 Å². The first-order chi connectivity index (χ1) is 16.9. The number of aryl methyl sites for hydroxylation is 1. The Morgan fingerprint density at radius 1 is 0.914 bits per heavy atom. The van der Waals surface area contributed by atoms with Gasteiger partial charge in [0.05, 0.1) is 6.21 Å². The summed E-state index contributed by atoms with van der Waals surface area (Å²) in [4.78, 5) is 27.8. The molecule has 0 aliphatic heterocycles. The second-order valence-electron chi connectivity index (χ2n) is 8.28. The van der Waals surface area contributed by atoms with Crippen molar-refractivity contribution in [3.8, 4) is 0 Å². The second-order valence-corrected chi connectivity index (χ2v) is 8.28. The van der Waals surface area contributed by atoms with E-state index in [0.717, 1.165) is 27.7 Å². The minimum absolute atomic E-state index is 0.0894. The van der Waals surface area contributed by atoms with E-state index in [1.165, 1.54) is 0 Å². The predicted octanol–water partition coefficient (Wildman–Crippen LogP) is 4.17. The molecule has 0 aliphatic rings. The molecule has 0 fully saturated rings. The fraction of sp³-hybridized carbons (Fsp3) is 0.107. The maximum absolute atomic E-state index is 13.0. The van der Waals surface area contributed by atoms with Crippen LogP contribution in [-0.2, 0) is 11.8 Å². The number of hydrazone groups is 1. The third-order valence-electron chi connectivity index (χ3n) is 5.55. The van der Waals surface area contributed by atoms with Crippen molar-refractivity contribution in [2.75, 3.05) is 19.0 Å². The molecule has 1 heterocycles. The monoisotopic (exact) mass is 465 g/mol. The summed E-state index contributed by atoms with van der Waals surface area (Å²) in [7, 11) is 5.87. The molecule has 0 spiro atoms. The van der Waals surface area contributed by atoms with E-state index < -0.39 is 5.91 Å². The van der Waals surface area contributed by atoms with Crippen molar-refractivity contribution < 1.29 is 9.59 Å². The molecule has 2 N–H and O–H groups in total. The molecule has 7 nitrogen and oxygen atoms in total. The average molecular weight is 466 g/mol. The number of fused-ring (bicyclic) bond motifs is 1. The molecule has 4 rings (SSSR count). The Labute approximate surface area is 204 Å². The lowest BCUT2D eigenvalue weighted by atomic mass is 10.1. The number of aromatic nitrogens is 1. The number of hydrogen-bond acceptors (Lipinski definition) is 4. The van der Waals surface area contributed by atoms with E-state index in [0.29, 0.717) is 5.56 Å². The Bertz CT molecular complexity index is 1400. The van der Waals surface area contributed by atoms with Gasteiger partial charge in [-0.1, -0.05) is 48.5 Å². The largest absolute Gasteiger partial charge is 0.378 e. The first-order valence-electron chi connectivity index (χ1n) is 11.2. The first-order valence-corrected chi connectivity index (χ1v) is 11.2. The van der Waals surface area contributed by atoms with Crippen LogP contribution in [-0.4, -0.2) is 36.7 Å². The van der Waals surface area contributed by atoms with E-state index in [4.69, 9.17) is 0 Å². The summed E-state index contributed by atoms with van der Waals surface area (Å²) < 4.78 is 2.00. The van der Waals surface area contributed by atoms with E-state index in [1.54, 1.807) is 36.6 Å². The highest BCUT2D eigenvalue weighted by molar-refractivity contribution is 6.06. The van der Waals surface area contributed by atoms with Crippen LogP contribution < -0.4 is 15.6 Å². The number of nitrogens with one attached hydrogen (secondary N) is 2. The van der Waals surface area contributed by atoms with Gasteiger partial charge in [-0.2, -0.15) is 5.10 Å². The van der Waals surface area contributed by atoms with Gasteiger partial charge in [-0.25, -0.2) is 5.43 Å². The maximum Gasteiger partial charge on any atom is 0.287 e. The van der Waals surface area contributed by atoms with Gasteiger partial charge < -0.3 is 14.8 Å². The van der Waals surface area contributed by atoms with Crippen molar-refractivity contribution in [3.05, 3.63) is 107 Å². The molecule has 1 aromatic heterocycles. The molecule has 3 aromatic carbocycles. The standard InChI is InChI=1S/C28H27N5O2/c1-32(2)23-15-13-20(14-16-23)17-25(30-27(34)21-9-5-4-6-10-21)28(35)31-29-18-22-19-33(3)26-12-8-7-11-24(22)26/h4-19H,1-3H3,(H,30,34)(H,31,35)/b25-17-,29-18+. The third-order valence-corrected chi connectivity index (χ3v) is 5.55. The molecular weight excluding hydrogens is 438 g/mol. The second kappa shape index (κ2) is 10.5. The van der Waals surface area contributed by atoms with Crippen LogP contribution in [0.2, 0.25) is 0 Å². The summed E-state index contributed by atoms with van der Waals surface area (Å²) in [6.07, 6.45) is 5.17. The highest BCUT2D eigenvalue weighted by atomic mass is 16.2. The van der Waals surface area contributed by atoms with Gasteiger partial charge in [0.25, 0.3) is 11.8 Å². The summed E-state index contributed by atoms with van der Waals surface area (Å²) in [5.74, 6) is -0.905. The predicted molar refractivity (Wildman–Crippen MR) is 141 cm³/mol. The van der Waals surface area contributed by atoms with Crippen LogP contribution in [0, 0.1) is 0 Å². The summed E-state index contributed by atoms with van der Waals surface area (Å²) >= 11 is 0. The van der Waals surface area contributed by atoms with E-state index in [1.807, 2.05) is 91.4 Å². The number of carbonyl (C=O) groups is 2. The maximum atomic E-state index is 13.0. The van der Waals surface area contributed by atoms with Crippen LogP contribution >= 0.6 is 0 Å². The normalized spacial score (nSPS) is 11.6. The third kappa shape index (κ3) is 5.65. The zero-order valence-electron chi connectivity index (χ0n) is 19.9. The van der Waals surface area contributed by atoms with Crippen LogP contribution in [0.4, 0.5) is 5.69 Å². The molecule has 0 saturated heterocycles. The van der Waals surface area contributed by atoms with Crippen LogP contribution in [0.1, 0.15) is 21.5 Å². The number of anilines is 1. The molecule has 0 atom stereocenters. The molecule has 0 unspecified atom stereocenters. The summed E-state index contributed by atoms with van der Waals surface area (Å²) in [6, 6.07) is 24.4. The van der Waals surface area contributed by atoms with Gasteiger partial charge >= 0.3 is 0 Å². The van der Waals surface area contributed by atoms with Gasteiger partial charge in [0.2, 0.25) is 0 Å². The quantitative estimate of drug-likeness (QED) is 0.244. The van der Waals surface area contributed by atoms with Crippen LogP contribution in [0.3, 0.4) is 0 Å². The van der Waals surface area contributed by atoms with E-state index in [-0.39, 0.29) is 11.6 Å². The zero-order valence-corrected chi connectivity index (χ0v) is 19.9. The number of hydrogen-bond donors (Lipinski definition) is 2. The van der Waals surface area contributed by atoms with Gasteiger partial charge in [-0.05, 0) is 42.0 Å². The number of carbonyl (C=O) groups excluding carboxylic acids is 2. The van der Waals surface area contributed by atoms with Gasteiger partial charge in [0.1, 0.15) is 5.70 Å². The molecule has 0 saturated carbocycles. The summed E-state index contributed by atoms with van der Waals surface area (Å²) in [6.45, 7) is 0. The topological polar surface area (TPSA) is 78.7 Å². The van der Waals surface area contributed by atoms with Crippen LogP contribution in [0.5, 0.6) is 0 Å². The number of benzene rings is 3. The fourth-order valence-corrected chi connectivity index (χ4v) is 3.67. The Kier molecular flexibility index (Phi) is 7.07. The molecular formula is C28H27N5O2. The van der Waals surface area contributed by atoms with Crippen molar-refractivity contribution in [1.29, 1.82) is 0 Å². The van der Waals surface area contributed by atoms with Crippen molar-refractivity contribution in [2.24, 2.45) is 12.1 Å². The SMILES string of the molecule is CN(C)c1ccc(/C=C(\NC(=O)c2ccccc2)C(=O)N/N=C/c2cn(C)c3ccccc23)cc1. The highest BCUT2D eigenvalue weighted by Crippen LogP contribution is 2.18. The van der Waals surface area contributed by atoms with E-state index in [2.05, 4.69) is 15.8 Å². The molecule has 35 heavy (non-hydrogen) atoms. The lowest BCUT2D eigenvalue weighted by molar-refractivity contribution is -0.117. The highest BCUT2D eigenvalue weighted by Gasteiger charge is 2.14. The van der Waals surface area contributed by atoms with Gasteiger partial charge in [-0.3, -0.25) is 9.59 Å². The first kappa shape index (κ1) is 23.5. The number of amides is 2. The minimum Gasteiger partial charge on any atom is -0.378 e. The summed E-state index contributed by atoms with van der Waals surface area (Å²) in [5, 5.41) is 7.90. The molecule has 0 radical (unpaired) electrons. The fourth-order valence-electron chi connectivity index (χ4n) is 3.67. The van der Waals surface area contributed by atoms with Crippen molar-refractivity contribution in [3.63, 3.8) is 0 Å².